The number of benzene rings is 1. The van der Waals surface area contributed by atoms with E-state index >= 15 is 0 Å². The summed E-state index contributed by atoms with van der Waals surface area (Å²) in [5, 5.41) is 9.52. The lowest BCUT2D eigenvalue weighted by molar-refractivity contribution is 0.00666. The van der Waals surface area contributed by atoms with Gasteiger partial charge in [0.25, 0.3) is 0 Å². The highest BCUT2D eigenvalue weighted by molar-refractivity contribution is 8.25. The van der Waals surface area contributed by atoms with Gasteiger partial charge >= 0.3 is 5.97 Å². The molecule has 0 atom stereocenters. The summed E-state index contributed by atoms with van der Waals surface area (Å²) in [4.78, 5) is 12.2. The van der Waals surface area contributed by atoms with Crippen LogP contribution >= 0.6 is 10.8 Å². The fourth-order valence-electron chi connectivity index (χ4n) is 2.35. The molecule has 1 aromatic carbocycles. The zero-order valence-corrected chi connectivity index (χ0v) is 13.9. The fraction of sp³-hybridized carbons (Fsp3) is 0.533. The van der Waals surface area contributed by atoms with Gasteiger partial charge in [-0.15, -0.1) is 10.8 Å². The van der Waals surface area contributed by atoms with E-state index in [-0.39, 0.29) is 12.2 Å². The summed E-state index contributed by atoms with van der Waals surface area (Å²) in [5.74, 6) is -0.161. The molecule has 1 aliphatic rings. The number of hydrogen-bond donors (Lipinski definition) is 3. The maximum atomic E-state index is 12.2. The van der Waals surface area contributed by atoms with Gasteiger partial charge < -0.3 is 9.84 Å². The summed E-state index contributed by atoms with van der Waals surface area (Å²) in [6, 6.07) is 4.82. The van der Waals surface area contributed by atoms with Crippen LogP contribution in [-0.2, 0) is 11.3 Å². The van der Waals surface area contributed by atoms with Crippen LogP contribution < -0.4 is 4.31 Å². The van der Waals surface area contributed by atoms with Crippen LogP contribution in [0.3, 0.4) is 0 Å². The molecule has 0 bridgehead atoms. The number of aliphatic hydroxyl groups is 1. The second-order valence-corrected chi connectivity index (χ2v) is 8.41. The quantitative estimate of drug-likeness (QED) is 0.739. The molecule has 0 radical (unpaired) electrons. The van der Waals surface area contributed by atoms with Gasteiger partial charge in [-0.05, 0) is 51.0 Å². The van der Waals surface area contributed by atoms with Gasteiger partial charge in [-0.2, -0.15) is 0 Å². The van der Waals surface area contributed by atoms with E-state index in [9.17, 15) is 19.0 Å². The number of hydrogen-bond acceptors (Lipinski definition) is 6. The second-order valence-electron chi connectivity index (χ2n) is 6.29. The van der Waals surface area contributed by atoms with Crippen LogP contribution in [0.5, 0.6) is 0 Å². The summed E-state index contributed by atoms with van der Waals surface area (Å²) in [5.41, 5.74) is 0.673. The first kappa shape index (κ1) is 17.1. The highest BCUT2D eigenvalue weighted by Gasteiger charge is 2.30. The van der Waals surface area contributed by atoms with Crippen molar-refractivity contribution < 1.29 is 23.7 Å². The van der Waals surface area contributed by atoms with E-state index in [2.05, 4.69) is 0 Å². The van der Waals surface area contributed by atoms with Crippen LogP contribution in [0.4, 0.5) is 5.69 Å². The Bertz CT molecular complexity index is 568. The van der Waals surface area contributed by atoms with E-state index < -0.39 is 22.3 Å². The molecule has 0 aromatic heterocycles. The summed E-state index contributed by atoms with van der Waals surface area (Å²) < 4.78 is 26.9. The monoisotopic (exact) mass is 329 g/mol. The molecule has 1 saturated heterocycles. The molecular weight excluding hydrogens is 306 g/mol. The number of nitrogens with zero attached hydrogens (tertiary/aromatic N) is 1. The summed E-state index contributed by atoms with van der Waals surface area (Å²) in [6.07, 6.45) is 0.699. The molecule has 0 amide bonds. The first-order valence-corrected chi connectivity index (χ1v) is 8.82. The third-order valence-corrected chi connectivity index (χ3v) is 5.23. The number of aliphatic hydroxyl groups excluding tert-OH is 1. The minimum atomic E-state index is -2.79. The molecule has 6 nitrogen and oxygen atoms in total. The number of carbonyl (C=O) groups is 1. The smallest absolute Gasteiger partial charge is 0.339 e. The Balaban J connectivity index is 2.30. The lowest BCUT2D eigenvalue weighted by Crippen LogP contribution is -2.25. The van der Waals surface area contributed by atoms with E-state index in [0.29, 0.717) is 30.0 Å². The fourth-order valence-corrected chi connectivity index (χ4v) is 3.96. The third-order valence-electron chi connectivity index (χ3n) is 3.30. The number of anilines is 1. The van der Waals surface area contributed by atoms with E-state index in [0.717, 1.165) is 0 Å². The number of rotatable bonds is 3. The summed E-state index contributed by atoms with van der Waals surface area (Å²) >= 11 is 0. The van der Waals surface area contributed by atoms with E-state index in [4.69, 9.17) is 4.74 Å². The van der Waals surface area contributed by atoms with Crippen LogP contribution in [0.1, 0.15) is 43.1 Å². The molecule has 0 saturated carbocycles. The van der Waals surface area contributed by atoms with Crippen molar-refractivity contribution in [1.82, 2.24) is 0 Å². The second kappa shape index (κ2) is 6.08. The van der Waals surface area contributed by atoms with Gasteiger partial charge in [-0.25, -0.2) is 4.79 Å². The Morgan fingerprint density at radius 1 is 1.36 bits per heavy atom. The lowest BCUT2D eigenvalue weighted by Gasteiger charge is -2.38. The Morgan fingerprint density at radius 3 is 2.55 bits per heavy atom. The molecule has 3 N–H and O–H groups in total. The first-order valence-electron chi connectivity index (χ1n) is 7.15. The Labute approximate surface area is 132 Å². The van der Waals surface area contributed by atoms with Crippen molar-refractivity contribution in [3.05, 3.63) is 29.3 Å². The topological polar surface area (TPSA) is 90.2 Å². The standard InChI is InChI=1S/C15H23NO5S/c1-15(2,3)21-14(18)13-6-5-12(9-11(13)10-17)16-7-4-8-22(16,19)20/h5-6,9,17,19-20H,4,7-8,10H2,1-3H3. The van der Waals surface area contributed by atoms with Crippen LogP contribution in [0.15, 0.2) is 18.2 Å². The van der Waals surface area contributed by atoms with Crippen molar-refractivity contribution in [2.24, 2.45) is 0 Å². The SMILES string of the molecule is CC(C)(C)OC(=O)c1ccc(N2CCCS2(O)O)cc1CO. The number of ether oxygens (including phenoxy) is 1. The molecule has 2 rings (SSSR count). The number of carbonyl (C=O) groups excluding carboxylic acids is 1. The maximum Gasteiger partial charge on any atom is 0.339 e. The molecule has 22 heavy (non-hydrogen) atoms. The predicted octanol–water partition coefficient (Wildman–Crippen LogP) is 3.01. The number of esters is 1. The van der Waals surface area contributed by atoms with Gasteiger partial charge in [0.1, 0.15) is 5.60 Å². The molecule has 1 aromatic rings. The third kappa shape index (κ3) is 3.73. The van der Waals surface area contributed by atoms with E-state index in [1.165, 1.54) is 4.31 Å². The van der Waals surface area contributed by atoms with E-state index in [1.807, 2.05) is 0 Å². The lowest BCUT2D eigenvalue weighted by atomic mass is 10.1. The minimum Gasteiger partial charge on any atom is -0.456 e. The van der Waals surface area contributed by atoms with Crippen molar-refractivity contribution in [3.8, 4) is 0 Å². The highest BCUT2D eigenvalue weighted by Crippen LogP contribution is 2.51. The Hall–Kier alpha value is -1.28. The molecule has 1 heterocycles. The van der Waals surface area contributed by atoms with Crippen molar-refractivity contribution in [2.45, 2.75) is 39.4 Å². The average Bonchev–Trinajstić information content (AvgIpc) is 2.75. The van der Waals surface area contributed by atoms with Crippen LogP contribution in [0.25, 0.3) is 0 Å². The van der Waals surface area contributed by atoms with Gasteiger partial charge in [0, 0.05) is 6.54 Å². The molecule has 7 heteroatoms. The van der Waals surface area contributed by atoms with Crippen molar-refractivity contribution in [3.63, 3.8) is 0 Å². The molecule has 1 aliphatic heterocycles. The van der Waals surface area contributed by atoms with Crippen molar-refractivity contribution >= 4 is 22.4 Å². The largest absolute Gasteiger partial charge is 0.456 e. The molecule has 0 unspecified atom stereocenters. The molecule has 1 fully saturated rings. The zero-order valence-electron chi connectivity index (χ0n) is 13.1. The van der Waals surface area contributed by atoms with Crippen molar-refractivity contribution in [1.29, 1.82) is 0 Å². The van der Waals surface area contributed by atoms with Crippen molar-refractivity contribution in [2.75, 3.05) is 16.6 Å². The molecular formula is C15H23NO5S. The van der Waals surface area contributed by atoms with Crippen LogP contribution in [-0.4, -0.2) is 38.1 Å². The summed E-state index contributed by atoms with van der Waals surface area (Å²) in [6.45, 7) is 5.54. The molecule has 0 spiro atoms. The zero-order chi connectivity index (χ0) is 16.5. The normalized spacial score (nSPS) is 19.1. The van der Waals surface area contributed by atoms with Gasteiger partial charge in [0.2, 0.25) is 0 Å². The van der Waals surface area contributed by atoms with Gasteiger partial charge in [0.05, 0.1) is 23.6 Å². The Kier molecular flexibility index (Phi) is 4.72. The van der Waals surface area contributed by atoms with Gasteiger partial charge in [-0.3, -0.25) is 13.4 Å². The van der Waals surface area contributed by atoms with E-state index in [1.54, 1.807) is 39.0 Å². The summed E-state index contributed by atoms with van der Waals surface area (Å²) in [7, 11) is -2.79. The van der Waals surface area contributed by atoms with Crippen LogP contribution in [0.2, 0.25) is 0 Å². The first-order chi connectivity index (χ1) is 10.1. The molecule has 0 aliphatic carbocycles. The minimum absolute atomic E-state index is 0.289. The average molecular weight is 329 g/mol. The predicted molar refractivity (Wildman–Crippen MR) is 87.2 cm³/mol. The van der Waals surface area contributed by atoms with Crippen LogP contribution in [0, 0.1) is 0 Å². The van der Waals surface area contributed by atoms with Gasteiger partial charge in [-0.1, -0.05) is 0 Å². The maximum absolute atomic E-state index is 12.2. The van der Waals surface area contributed by atoms with Gasteiger partial charge in [0.15, 0.2) is 0 Å². The molecule has 124 valence electrons. The highest BCUT2D eigenvalue weighted by atomic mass is 32.3. The Morgan fingerprint density at radius 2 is 2.05 bits per heavy atom.